The minimum atomic E-state index is -0.603. The highest BCUT2D eigenvalue weighted by Gasteiger charge is 2.11. The van der Waals surface area contributed by atoms with Crippen LogP contribution in [0.1, 0.15) is 10.4 Å². The number of amides is 1. The first-order valence-corrected chi connectivity index (χ1v) is 4.55. The first-order valence-electron chi connectivity index (χ1n) is 2.96. The minimum Gasteiger partial charge on any atom is -0.366 e. The van der Waals surface area contributed by atoms with Gasteiger partial charge in [-0.2, -0.15) is 0 Å². The number of halogens is 3. The molecule has 64 valence electrons. The number of primary amides is 1. The second-order valence-electron chi connectivity index (χ2n) is 2.11. The molecule has 0 spiro atoms. The summed E-state index contributed by atoms with van der Waals surface area (Å²) >= 11 is 6.06. The number of nitrogens with two attached hydrogens (primary N) is 1. The molecule has 0 fully saturated rings. The van der Waals surface area contributed by atoms with Gasteiger partial charge in [-0.25, -0.2) is 4.39 Å². The lowest BCUT2D eigenvalue weighted by atomic mass is 10.2. The second-order valence-corrected chi connectivity index (χ2v) is 3.82. The van der Waals surface area contributed by atoms with E-state index in [-0.39, 0.29) is 5.56 Å². The lowest BCUT2D eigenvalue weighted by Gasteiger charge is -2.02. The summed E-state index contributed by atoms with van der Waals surface area (Å²) in [5.74, 6) is -1.03. The summed E-state index contributed by atoms with van der Waals surface area (Å²) < 4.78 is 13.4. The van der Waals surface area contributed by atoms with Crippen molar-refractivity contribution in [1.29, 1.82) is 0 Å². The van der Waals surface area contributed by atoms with Crippen molar-refractivity contribution in [1.82, 2.24) is 0 Å². The molecular weight excluding hydrogens is 293 g/mol. The van der Waals surface area contributed by atoms with Gasteiger partial charge in [0.2, 0.25) is 0 Å². The highest BCUT2D eigenvalue weighted by Crippen LogP contribution is 2.26. The minimum absolute atomic E-state index is 0.247. The van der Waals surface area contributed by atoms with Crippen molar-refractivity contribution in [2.75, 3.05) is 0 Å². The molecule has 2 N–H and O–H groups in total. The zero-order chi connectivity index (χ0) is 9.30. The van der Waals surface area contributed by atoms with Gasteiger partial charge < -0.3 is 5.73 Å². The molecule has 0 atom stereocenters. The van der Waals surface area contributed by atoms with Gasteiger partial charge in [0.25, 0.3) is 5.91 Å². The van der Waals surface area contributed by atoms with Crippen LogP contribution in [0.15, 0.2) is 21.1 Å². The third-order valence-electron chi connectivity index (χ3n) is 1.25. The summed E-state index contributed by atoms with van der Waals surface area (Å²) in [6.45, 7) is 0. The lowest BCUT2D eigenvalue weighted by Crippen LogP contribution is -2.12. The van der Waals surface area contributed by atoms with Gasteiger partial charge >= 0.3 is 0 Å². The number of hydrogen-bond acceptors (Lipinski definition) is 1. The Hall–Kier alpha value is -0.420. The third kappa shape index (κ3) is 1.84. The summed E-state index contributed by atoms with van der Waals surface area (Å²) in [6, 6.07) is 2.37. The third-order valence-corrected chi connectivity index (χ3v) is 2.50. The summed E-state index contributed by atoms with van der Waals surface area (Å²) in [5.41, 5.74) is 5.29. The second kappa shape index (κ2) is 3.53. The summed E-state index contributed by atoms with van der Waals surface area (Å²) in [5, 5.41) is 0. The van der Waals surface area contributed by atoms with Crippen LogP contribution in [0.5, 0.6) is 0 Å². The maximum atomic E-state index is 12.7. The molecule has 0 unspecified atom stereocenters. The highest BCUT2D eigenvalue weighted by molar-refractivity contribution is 9.11. The van der Waals surface area contributed by atoms with E-state index in [1.165, 1.54) is 12.1 Å². The molecule has 12 heavy (non-hydrogen) atoms. The fourth-order valence-corrected chi connectivity index (χ4v) is 2.30. The molecular formula is C7H4Br2FNO. The number of carbonyl (C=O) groups excluding carboxylic acids is 1. The molecule has 1 rings (SSSR count). The van der Waals surface area contributed by atoms with Crippen LogP contribution in [-0.2, 0) is 0 Å². The number of rotatable bonds is 1. The molecule has 0 aliphatic carbocycles. The smallest absolute Gasteiger partial charge is 0.250 e. The van der Waals surface area contributed by atoms with Gasteiger partial charge in [0, 0.05) is 8.95 Å². The first-order chi connectivity index (χ1) is 5.52. The van der Waals surface area contributed by atoms with Gasteiger partial charge in [0.1, 0.15) is 5.82 Å². The van der Waals surface area contributed by atoms with Crippen molar-refractivity contribution in [2.24, 2.45) is 5.73 Å². The van der Waals surface area contributed by atoms with Gasteiger partial charge in [0.05, 0.1) is 5.56 Å². The summed E-state index contributed by atoms with van der Waals surface area (Å²) in [7, 11) is 0. The monoisotopic (exact) mass is 295 g/mol. The molecule has 1 aromatic rings. The van der Waals surface area contributed by atoms with Crippen LogP contribution in [0.4, 0.5) is 4.39 Å². The average molecular weight is 297 g/mol. The van der Waals surface area contributed by atoms with Crippen molar-refractivity contribution in [3.05, 3.63) is 32.5 Å². The number of benzene rings is 1. The van der Waals surface area contributed by atoms with Crippen LogP contribution in [0.2, 0.25) is 0 Å². The van der Waals surface area contributed by atoms with Crippen molar-refractivity contribution in [3.8, 4) is 0 Å². The van der Waals surface area contributed by atoms with E-state index < -0.39 is 11.7 Å². The van der Waals surface area contributed by atoms with Gasteiger partial charge in [-0.1, -0.05) is 0 Å². The van der Waals surface area contributed by atoms with E-state index in [0.29, 0.717) is 8.95 Å². The first kappa shape index (κ1) is 9.67. The van der Waals surface area contributed by atoms with Crippen molar-refractivity contribution < 1.29 is 9.18 Å². The predicted octanol–water partition coefficient (Wildman–Crippen LogP) is 2.45. The van der Waals surface area contributed by atoms with Crippen LogP contribution >= 0.6 is 31.9 Å². The van der Waals surface area contributed by atoms with E-state index >= 15 is 0 Å². The Bertz CT molecular complexity index is 317. The molecule has 0 saturated carbocycles. The molecule has 1 amide bonds. The van der Waals surface area contributed by atoms with Crippen LogP contribution in [0.3, 0.4) is 0 Å². The quantitative estimate of drug-likeness (QED) is 0.850. The molecule has 0 aromatic heterocycles. The molecule has 1 aromatic carbocycles. The molecule has 0 aliphatic rings. The van der Waals surface area contributed by atoms with Gasteiger partial charge in [-0.05, 0) is 44.0 Å². The fourth-order valence-electron chi connectivity index (χ4n) is 0.778. The molecule has 2 nitrogen and oxygen atoms in total. The van der Waals surface area contributed by atoms with E-state index in [0.717, 1.165) is 0 Å². The summed E-state index contributed by atoms with van der Waals surface area (Å²) in [4.78, 5) is 10.8. The standard InChI is InChI=1S/C7H4Br2FNO/c8-4-1-3(10)2-5(9)6(4)7(11)12/h1-2H,(H2,11,12). The fraction of sp³-hybridized carbons (Fsp3) is 0. The molecule has 5 heteroatoms. The molecule has 0 heterocycles. The number of hydrogen-bond donors (Lipinski definition) is 1. The Morgan fingerprint density at radius 3 is 2.08 bits per heavy atom. The molecule has 0 radical (unpaired) electrons. The average Bonchev–Trinajstić information content (AvgIpc) is 1.82. The van der Waals surface area contributed by atoms with Crippen molar-refractivity contribution >= 4 is 37.8 Å². The lowest BCUT2D eigenvalue weighted by molar-refractivity contribution is 0.0999. The van der Waals surface area contributed by atoms with E-state index in [2.05, 4.69) is 31.9 Å². The van der Waals surface area contributed by atoms with E-state index in [1.807, 2.05) is 0 Å². The van der Waals surface area contributed by atoms with E-state index in [1.54, 1.807) is 0 Å². The van der Waals surface area contributed by atoms with Crippen LogP contribution < -0.4 is 5.73 Å². The van der Waals surface area contributed by atoms with E-state index in [4.69, 9.17) is 5.73 Å². The largest absolute Gasteiger partial charge is 0.366 e. The van der Waals surface area contributed by atoms with Gasteiger partial charge in [0.15, 0.2) is 0 Å². The van der Waals surface area contributed by atoms with Gasteiger partial charge in [-0.3, -0.25) is 4.79 Å². The molecule has 0 saturated heterocycles. The zero-order valence-electron chi connectivity index (χ0n) is 5.77. The normalized spacial score (nSPS) is 9.92. The maximum absolute atomic E-state index is 12.7. The molecule has 0 aliphatic heterocycles. The topological polar surface area (TPSA) is 43.1 Å². The Labute approximate surface area is 85.2 Å². The van der Waals surface area contributed by atoms with Crippen molar-refractivity contribution in [2.45, 2.75) is 0 Å². The SMILES string of the molecule is NC(=O)c1c(Br)cc(F)cc1Br. The van der Waals surface area contributed by atoms with Crippen LogP contribution in [-0.4, -0.2) is 5.91 Å². The Balaban J connectivity index is 3.38. The number of carbonyl (C=O) groups is 1. The van der Waals surface area contributed by atoms with Crippen LogP contribution in [0.25, 0.3) is 0 Å². The molecule has 0 bridgehead atoms. The maximum Gasteiger partial charge on any atom is 0.250 e. The Morgan fingerprint density at radius 1 is 1.33 bits per heavy atom. The summed E-state index contributed by atoms with van der Waals surface area (Å²) in [6.07, 6.45) is 0. The van der Waals surface area contributed by atoms with Crippen molar-refractivity contribution in [3.63, 3.8) is 0 Å². The van der Waals surface area contributed by atoms with E-state index in [9.17, 15) is 9.18 Å². The Kier molecular flexibility index (Phi) is 2.85. The highest BCUT2D eigenvalue weighted by atomic mass is 79.9. The van der Waals surface area contributed by atoms with Crippen LogP contribution in [0, 0.1) is 5.82 Å². The zero-order valence-corrected chi connectivity index (χ0v) is 8.95. The Morgan fingerprint density at radius 2 is 1.75 bits per heavy atom. The predicted molar refractivity (Wildman–Crippen MR) is 50.3 cm³/mol. The van der Waals surface area contributed by atoms with Gasteiger partial charge in [-0.15, -0.1) is 0 Å².